The number of fused-ring (bicyclic) bond motifs is 1. The fraction of sp³-hybridized carbons (Fsp3) is 0.222. The van der Waals surface area contributed by atoms with Gasteiger partial charge in [0.1, 0.15) is 25.0 Å². The Morgan fingerprint density at radius 3 is 2.13 bits per heavy atom. The summed E-state index contributed by atoms with van der Waals surface area (Å²) < 4.78 is 20.4. The molecule has 5 aromatic rings. The van der Waals surface area contributed by atoms with Crippen LogP contribution in [0.25, 0.3) is 10.9 Å². The zero-order valence-corrected chi connectivity index (χ0v) is 27.1. The first-order valence-electron chi connectivity index (χ1n) is 14.6. The highest BCUT2D eigenvalue weighted by Crippen LogP contribution is 2.41. The first-order chi connectivity index (χ1) is 21.7. The van der Waals surface area contributed by atoms with Crippen LogP contribution in [-0.2, 0) is 20.0 Å². The second-order valence-electron chi connectivity index (χ2n) is 11.1. The molecule has 0 bridgehead atoms. The van der Waals surface area contributed by atoms with Gasteiger partial charge >= 0.3 is 11.9 Å². The topological polar surface area (TPSA) is 66.8 Å². The molecule has 0 N–H and O–H groups in total. The molecule has 1 aromatic heterocycles. The molecule has 0 saturated carbocycles. The fourth-order valence-electron chi connectivity index (χ4n) is 5.30. The minimum absolute atomic E-state index is 0.0899. The van der Waals surface area contributed by atoms with Gasteiger partial charge in [0.2, 0.25) is 0 Å². The average molecular weight is 661 g/mol. The van der Waals surface area contributed by atoms with Gasteiger partial charge < -0.3 is 18.8 Å². The molecule has 1 fully saturated rings. The maximum atomic E-state index is 13.2. The van der Waals surface area contributed by atoms with E-state index in [2.05, 4.69) is 22.8 Å². The molecular formula is C36H31Cl2NO5S. The molecule has 1 saturated heterocycles. The molecule has 9 heteroatoms. The fourth-order valence-corrected chi connectivity index (χ4v) is 6.70. The normalized spacial score (nSPS) is 17.8. The van der Waals surface area contributed by atoms with Gasteiger partial charge in [-0.2, -0.15) is 0 Å². The van der Waals surface area contributed by atoms with E-state index in [0.717, 1.165) is 32.8 Å². The van der Waals surface area contributed by atoms with Crippen molar-refractivity contribution in [1.82, 2.24) is 4.57 Å². The number of rotatable bonds is 9. The van der Waals surface area contributed by atoms with Crippen LogP contribution in [-0.4, -0.2) is 35.3 Å². The highest BCUT2D eigenvalue weighted by Gasteiger charge is 2.41. The van der Waals surface area contributed by atoms with E-state index >= 15 is 0 Å². The summed E-state index contributed by atoms with van der Waals surface area (Å²) in [6.07, 6.45) is -1.57. The number of ether oxygens (including phenoxy) is 3. The van der Waals surface area contributed by atoms with E-state index in [-0.39, 0.29) is 6.61 Å². The number of thioether (sulfide) groups is 1. The van der Waals surface area contributed by atoms with Crippen molar-refractivity contribution in [3.8, 4) is 0 Å². The van der Waals surface area contributed by atoms with Crippen molar-refractivity contribution in [2.45, 2.75) is 49.5 Å². The molecule has 0 unspecified atom stereocenters. The van der Waals surface area contributed by atoms with Gasteiger partial charge in [-0.3, -0.25) is 0 Å². The molecule has 1 aliphatic heterocycles. The number of hydrogen-bond donors (Lipinski definition) is 0. The molecule has 230 valence electrons. The number of halogens is 2. The van der Waals surface area contributed by atoms with Gasteiger partial charge in [-0.25, -0.2) is 9.59 Å². The molecule has 0 amide bonds. The Hall–Kier alpha value is -3.75. The van der Waals surface area contributed by atoms with E-state index in [0.29, 0.717) is 27.6 Å². The van der Waals surface area contributed by atoms with Gasteiger partial charge in [-0.1, -0.05) is 88.9 Å². The minimum Gasteiger partial charge on any atom is -0.459 e. The Bertz CT molecular complexity index is 1820. The quantitative estimate of drug-likeness (QED) is 0.116. The third-order valence-electron chi connectivity index (χ3n) is 7.76. The highest BCUT2D eigenvalue weighted by molar-refractivity contribution is 7.98. The molecule has 0 spiro atoms. The molecule has 6 rings (SSSR count). The molecule has 2 heterocycles. The Morgan fingerprint density at radius 2 is 1.47 bits per heavy atom. The van der Waals surface area contributed by atoms with E-state index in [4.69, 9.17) is 37.4 Å². The van der Waals surface area contributed by atoms with E-state index in [1.54, 1.807) is 36.0 Å². The maximum Gasteiger partial charge on any atom is 0.338 e. The number of aromatic nitrogens is 1. The molecule has 4 aromatic carbocycles. The number of aryl methyl sites for hydroxylation is 2. The lowest BCUT2D eigenvalue weighted by molar-refractivity contribution is -0.0577. The van der Waals surface area contributed by atoms with E-state index in [1.807, 2.05) is 68.4 Å². The van der Waals surface area contributed by atoms with E-state index in [9.17, 15) is 9.59 Å². The van der Waals surface area contributed by atoms with Crippen LogP contribution in [0.3, 0.4) is 0 Å². The van der Waals surface area contributed by atoms with Crippen molar-refractivity contribution in [1.29, 1.82) is 0 Å². The van der Waals surface area contributed by atoms with Crippen molar-refractivity contribution < 1.29 is 23.8 Å². The SMILES string of the molecule is Cc1ccc(C(=O)OC[C@H]2O[C@@H](n3c(SCc4ccccc4)cc4cc(Cl)c(Cl)cc43)C[C@@H]2OC(=O)c2ccc(C)cc2)cc1. The molecule has 3 atom stereocenters. The number of benzene rings is 4. The lowest BCUT2D eigenvalue weighted by atomic mass is 10.1. The molecule has 0 radical (unpaired) electrons. The standard InChI is InChI=1S/C36H31Cl2NO5S/c1-22-8-12-25(13-9-22)35(40)42-20-32-31(44-36(41)26-14-10-23(2)11-15-26)19-33(43-32)39-30-18-29(38)28(37)16-27(30)17-34(39)45-21-24-6-4-3-5-7-24/h3-18,31-33H,19-21H2,1-2H3/t31-,32+,33+/m0/s1. The number of carbonyl (C=O) groups excluding carboxylic acids is 2. The smallest absolute Gasteiger partial charge is 0.338 e. The number of hydrogen-bond acceptors (Lipinski definition) is 6. The molecule has 0 aliphatic carbocycles. The van der Waals surface area contributed by atoms with Gasteiger partial charge in [0.15, 0.2) is 0 Å². The Kier molecular flexibility index (Phi) is 9.52. The molecular weight excluding hydrogens is 629 g/mol. The van der Waals surface area contributed by atoms with Crippen molar-refractivity contribution in [2.75, 3.05) is 6.61 Å². The zero-order chi connectivity index (χ0) is 31.5. The predicted octanol–water partition coefficient (Wildman–Crippen LogP) is 9.23. The maximum absolute atomic E-state index is 13.2. The van der Waals surface area contributed by atoms with Gasteiger partial charge in [0.05, 0.1) is 31.7 Å². The van der Waals surface area contributed by atoms with Crippen molar-refractivity contribution in [3.63, 3.8) is 0 Å². The third kappa shape index (κ3) is 7.23. The summed E-state index contributed by atoms with van der Waals surface area (Å²) in [7, 11) is 0. The summed E-state index contributed by atoms with van der Waals surface area (Å²) in [6, 6.07) is 30.3. The van der Waals surface area contributed by atoms with Crippen LogP contribution < -0.4 is 0 Å². The summed E-state index contributed by atoms with van der Waals surface area (Å²) >= 11 is 14.5. The lowest BCUT2D eigenvalue weighted by Gasteiger charge is -2.20. The minimum atomic E-state index is -0.703. The van der Waals surface area contributed by atoms with Gasteiger partial charge in [0, 0.05) is 17.6 Å². The van der Waals surface area contributed by atoms with Crippen LogP contribution in [0.2, 0.25) is 10.0 Å². The van der Waals surface area contributed by atoms with E-state index < -0.39 is 30.4 Å². The number of esters is 2. The Labute approximate surface area is 276 Å². The second-order valence-corrected chi connectivity index (χ2v) is 12.9. The Morgan fingerprint density at radius 1 is 0.844 bits per heavy atom. The Balaban J connectivity index is 1.30. The first-order valence-corrected chi connectivity index (χ1v) is 16.3. The largest absolute Gasteiger partial charge is 0.459 e. The molecule has 45 heavy (non-hydrogen) atoms. The van der Waals surface area contributed by atoms with Crippen molar-refractivity contribution in [2.24, 2.45) is 0 Å². The van der Waals surface area contributed by atoms with Crippen LogP contribution in [0.1, 0.15) is 50.1 Å². The second kappa shape index (κ2) is 13.7. The average Bonchev–Trinajstić information content (AvgIpc) is 3.59. The summed E-state index contributed by atoms with van der Waals surface area (Å²) in [5.74, 6) is -0.211. The predicted molar refractivity (Wildman–Crippen MR) is 178 cm³/mol. The lowest BCUT2D eigenvalue weighted by Crippen LogP contribution is -2.32. The van der Waals surface area contributed by atoms with Gasteiger partial charge in [-0.15, -0.1) is 11.8 Å². The van der Waals surface area contributed by atoms with Crippen LogP contribution in [0.5, 0.6) is 0 Å². The summed E-state index contributed by atoms with van der Waals surface area (Å²) in [4.78, 5) is 26.1. The monoisotopic (exact) mass is 659 g/mol. The number of nitrogens with zero attached hydrogens (tertiary/aromatic N) is 1. The zero-order valence-electron chi connectivity index (χ0n) is 24.7. The number of carbonyl (C=O) groups is 2. The molecule has 6 nitrogen and oxygen atoms in total. The first kappa shape index (κ1) is 31.2. The van der Waals surface area contributed by atoms with Gasteiger partial charge in [-0.05, 0) is 61.9 Å². The van der Waals surface area contributed by atoms with Crippen LogP contribution in [0, 0.1) is 13.8 Å². The van der Waals surface area contributed by atoms with Crippen molar-refractivity contribution in [3.05, 3.63) is 135 Å². The van der Waals surface area contributed by atoms with Crippen LogP contribution in [0.4, 0.5) is 0 Å². The van der Waals surface area contributed by atoms with Crippen molar-refractivity contribution >= 4 is 57.8 Å². The van der Waals surface area contributed by atoms with Crippen LogP contribution >= 0.6 is 35.0 Å². The summed E-state index contributed by atoms with van der Waals surface area (Å²) in [5, 5.41) is 2.73. The highest BCUT2D eigenvalue weighted by atomic mass is 35.5. The molecule has 1 aliphatic rings. The van der Waals surface area contributed by atoms with Crippen LogP contribution in [0.15, 0.2) is 102 Å². The summed E-state index contributed by atoms with van der Waals surface area (Å²) in [6.45, 7) is 3.82. The van der Waals surface area contributed by atoms with E-state index in [1.165, 1.54) is 5.56 Å². The van der Waals surface area contributed by atoms with Gasteiger partial charge in [0.25, 0.3) is 0 Å². The third-order valence-corrected chi connectivity index (χ3v) is 9.57. The summed E-state index contributed by atoms with van der Waals surface area (Å²) in [5.41, 5.74) is 4.96.